The van der Waals surface area contributed by atoms with E-state index in [4.69, 9.17) is 0 Å². The van der Waals surface area contributed by atoms with E-state index in [0.29, 0.717) is 25.7 Å². The van der Waals surface area contributed by atoms with Gasteiger partial charge in [0, 0.05) is 6.26 Å². The summed E-state index contributed by atoms with van der Waals surface area (Å²) in [5, 5.41) is 9.59. The molecule has 2 aliphatic rings. The molecule has 0 aliphatic heterocycles. The van der Waals surface area contributed by atoms with Gasteiger partial charge in [0.1, 0.15) is 0 Å². The molecule has 0 unspecified atom stereocenters. The highest BCUT2D eigenvalue weighted by molar-refractivity contribution is 7.92. The zero-order valence-electron chi connectivity index (χ0n) is 12.1. The third kappa shape index (κ3) is 2.09. The van der Waals surface area contributed by atoms with Gasteiger partial charge in [-0.3, -0.25) is 4.79 Å². The predicted molar refractivity (Wildman–Crippen MR) is 80.0 cm³/mol. The minimum atomic E-state index is -3.12. The van der Waals surface area contributed by atoms with Crippen LogP contribution in [0.3, 0.4) is 0 Å². The second-order valence-electron chi connectivity index (χ2n) is 6.44. The van der Waals surface area contributed by atoms with Crippen LogP contribution in [-0.2, 0) is 24.8 Å². The van der Waals surface area contributed by atoms with Gasteiger partial charge in [-0.2, -0.15) is 0 Å². The molecule has 2 saturated carbocycles. The first-order valence-electron chi connectivity index (χ1n) is 7.36. The van der Waals surface area contributed by atoms with Crippen LogP contribution < -0.4 is 0 Å². The fraction of sp³-hybridized carbons (Fsp3) is 0.562. The Morgan fingerprint density at radius 2 is 1.48 bits per heavy atom. The van der Waals surface area contributed by atoms with Crippen molar-refractivity contribution in [2.75, 3.05) is 6.26 Å². The summed E-state index contributed by atoms with van der Waals surface area (Å²) in [4.78, 5) is 11.7. The SMILES string of the molecule is CS(=O)(=O)C1(c2ccc(C3(C(=O)O)CCCC3)cc2)CC1. The van der Waals surface area contributed by atoms with Crippen molar-refractivity contribution in [3.8, 4) is 0 Å². The number of carbonyl (C=O) groups is 1. The van der Waals surface area contributed by atoms with Gasteiger partial charge < -0.3 is 5.11 Å². The summed E-state index contributed by atoms with van der Waals surface area (Å²) < 4.78 is 23.1. The first-order chi connectivity index (χ1) is 9.82. The van der Waals surface area contributed by atoms with Crippen molar-refractivity contribution in [1.29, 1.82) is 0 Å². The summed E-state index contributed by atoms with van der Waals surface area (Å²) in [5.74, 6) is -0.767. The standard InChI is InChI=1S/C16H20O4S/c1-21(19,20)16(10-11-16)13-6-4-12(5-7-13)15(14(17)18)8-2-3-9-15/h4-7H,2-3,8-11H2,1H3,(H,17,18). The highest BCUT2D eigenvalue weighted by atomic mass is 32.2. The third-order valence-corrected chi connectivity index (χ3v) is 7.31. The fourth-order valence-corrected chi connectivity index (χ4v) is 5.09. The molecule has 1 aromatic carbocycles. The molecule has 4 nitrogen and oxygen atoms in total. The average Bonchev–Trinajstić information content (AvgIpc) is 3.10. The lowest BCUT2D eigenvalue weighted by molar-refractivity contribution is -0.143. The van der Waals surface area contributed by atoms with Crippen LogP contribution in [-0.4, -0.2) is 25.7 Å². The van der Waals surface area contributed by atoms with Gasteiger partial charge in [-0.25, -0.2) is 8.42 Å². The highest BCUT2D eigenvalue weighted by Gasteiger charge is 2.53. The quantitative estimate of drug-likeness (QED) is 0.928. The summed E-state index contributed by atoms with van der Waals surface area (Å²) >= 11 is 0. The number of sulfone groups is 1. The second kappa shape index (κ2) is 4.57. The van der Waals surface area contributed by atoms with Gasteiger partial charge >= 0.3 is 5.97 Å². The maximum absolute atomic E-state index is 11.9. The molecule has 0 bridgehead atoms. The number of hydrogen-bond donors (Lipinski definition) is 1. The molecule has 114 valence electrons. The molecule has 0 aromatic heterocycles. The second-order valence-corrected chi connectivity index (χ2v) is 8.76. The summed E-state index contributed by atoms with van der Waals surface area (Å²) in [6.45, 7) is 0. The topological polar surface area (TPSA) is 71.4 Å². The van der Waals surface area contributed by atoms with Crippen LogP contribution >= 0.6 is 0 Å². The molecule has 1 N–H and O–H groups in total. The van der Waals surface area contributed by atoms with Gasteiger partial charge in [0.25, 0.3) is 0 Å². The van der Waals surface area contributed by atoms with Crippen LogP contribution in [0.4, 0.5) is 0 Å². The van der Waals surface area contributed by atoms with Crippen molar-refractivity contribution < 1.29 is 18.3 Å². The highest BCUT2D eigenvalue weighted by Crippen LogP contribution is 2.52. The fourth-order valence-electron chi connectivity index (χ4n) is 3.68. The van der Waals surface area contributed by atoms with E-state index in [1.165, 1.54) is 6.26 Å². The molecular weight excluding hydrogens is 288 g/mol. The Hall–Kier alpha value is -1.36. The van der Waals surface area contributed by atoms with Crippen molar-refractivity contribution in [3.05, 3.63) is 35.4 Å². The number of carboxylic acids is 1. The Labute approximate surface area is 125 Å². The van der Waals surface area contributed by atoms with Crippen LogP contribution in [0.2, 0.25) is 0 Å². The molecule has 0 spiro atoms. The molecule has 0 atom stereocenters. The molecule has 21 heavy (non-hydrogen) atoms. The number of carboxylic acid groups (broad SMARTS) is 1. The van der Waals surface area contributed by atoms with Gasteiger partial charge in [0.2, 0.25) is 0 Å². The Balaban J connectivity index is 1.97. The van der Waals surface area contributed by atoms with E-state index in [9.17, 15) is 18.3 Å². The first-order valence-corrected chi connectivity index (χ1v) is 9.25. The van der Waals surface area contributed by atoms with Gasteiger partial charge in [0.15, 0.2) is 9.84 Å². The molecule has 1 aromatic rings. The molecule has 2 aliphatic carbocycles. The summed E-state index contributed by atoms with van der Waals surface area (Å²) in [7, 11) is -3.12. The number of benzene rings is 1. The van der Waals surface area contributed by atoms with Crippen LogP contribution in [0.1, 0.15) is 49.7 Å². The van der Waals surface area contributed by atoms with E-state index in [2.05, 4.69) is 0 Å². The molecule has 5 heteroatoms. The molecule has 0 heterocycles. The van der Waals surface area contributed by atoms with Crippen molar-refractivity contribution >= 4 is 15.8 Å². The van der Waals surface area contributed by atoms with Crippen LogP contribution in [0, 0.1) is 0 Å². The van der Waals surface area contributed by atoms with Crippen LogP contribution in [0.15, 0.2) is 24.3 Å². The zero-order valence-corrected chi connectivity index (χ0v) is 12.9. The molecule has 0 saturated heterocycles. The maximum atomic E-state index is 11.9. The summed E-state index contributed by atoms with van der Waals surface area (Å²) in [6.07, 6.45) is 5.80. The summed E-state index contributed by atoms with van der Waals surface area (Å²) in [6, 6.07) is 7.26. The van der Waals surface area contributed by atoms with Gasteiger partial charge in [-0.1, -0.05) is 37.1 Å². The Morgan fingerprint density at radius 3 is 1.86 bits per heavy atom. The van der Waals surface area contributed by atoms with Crippen LogP contribution in [0.5, 0.6) is 0 Å². The van der Waals surface area contributed by atoms with Gasteiger partial charge in [-0.05, 0) is 36.8 Å². The van der Waals surface area contributed by atoms with Crippen LogP contribution in [0.25, 0.3) is 0 Å². The largest absolute Gasteiger partial charge is 0.481 e. The van der Waals surface area contributed by atoms with E-state index in [-0.39, 0.29) is 0 Å². The van der Waals surface area contributed by atoms with E-state index in [0.717, 1.165) is 24.0 Å². The van der Waals surface area contributed by atoms with E-state index >= 15 is 0 Å². The monoisotopic (exact) mass is 308 g/mol. The van der Waals surface area contributed by atoms with Gasteiger partial charge in [-0.15, -0.1) is 0 Å². The third-order valence-electron chi connectivity index (χ3n) is 5.24. The zero-order chi connectivity index (χ0) is 15.3. The molecular formula is C16H20O4S. The first kappa shape index (κ1) is 14.6. The Kier molecular flexibility index (Phi) is 3.17. The maximum Gasteiger partial charge on any atom is 0.314 e. The molecule has 0 radical (unpaired) electrons. The minimum absolute atomic E-state index is 0.662. The lowest BCUT2D eigenvalue weighted by Crippen LogP contribution is -2.32. The van der Waals surface area contributed by atoms with Crippen molar-refractivity contribution in [1.82, 2.24) is 0 Å². The molecule has 0 amide bonds. The lowest BCUT2D eigenvalue weighted by Gasteiger charge is -2.25. The Bertz CT molecular complexity index is 663. The van der Waals surface area contributed by atoms with E-state index in [1.54, 1.807) is 0 Å². The summed E-state index contributed by atoms with van der Waals surface area (Å²) in [5.41, 5.74) is 0.827. The van der Waals surface area contributed by atoms with Crippen molar-refractivity contribution in [3.63, 3.8) is 0 Å². The number of rotatable bonds is 4. The lowest BCUT2D eigenvalue weighted by atomic mass is 9.78. The minimum Gasteiger partial charge on any atom is -0.481 e. The van der Waals surface area contributed by atoms with E-state index in [1.807, 2.05) is 24.3 Å². The normalized spacial score (nSPS) is 22.9. The molecule has 3 rings (SSSR count). The molecule has 2 fully saturated rings. The smallest absolute Gasteiger partial charge is 0.314 e. The van der Waals surface area contributed by atoms with Crippen molar-refractivity contribution in [2.45, 2.75) is 48.7 Å². The van der Waals surface area contributed by atoms with Gasteiger partial charge in [0.05, 0.1) is 10.2 Å². The number of hydrogen-bond acceptors (Lipinski definition) is 3. The predicted octanol–water partition coefficient (Wildman–Crippen LogP) is 2.62. The van der Waals surface area contributed by atoms with E-state index < -0.39 is 26.0 Å². The van der Waals surface area contributed by atoms with Crippen molar-refractivity contribution in [2.24, 2.45) is 0 Å². The Morgan fingerprint density at radius 1 is 1.00 bits per heavy atom. The number of aliphatic carboxylic acids is 1. The average molecular weight is 308 g/mol.